The molecule has 1 aromatic heterocycles. The summed E-state index contributed by atoms with van der Waals surface area (Å²) in [6.07, 6.45) is 1.96. The molecule has 1 atom stereocenters. The maximum absolute atomic E-state index is 5.37. The zero-order valence-corrected chi connectivity index (χ0v) is 17.8. The molecule has 5 heteroatoms. The summed E-state index contributed by atoms with van der Waals surface area (Å²) >= 11 is 0. The Morgan fingerprint density at radius 1 is 0.967 bits per heavy atom. The van der Waals surface area contributed by atoms with E-state index in [1.54, 1.807) is 14.2 Å². The van der Waals surface area contributed by atoms with Crippen molar-refractivity contribution in [3.05, 3.63) is 83.7 Å². The van der Waals surface area contributed by atoms with E-state index in [0.717, 1.165) is 28.4 Å². The van der Waals surface area contributed by atoms with Crippen LogP contribution in [0.25, 0.3) is 16.5 Å². The second kappa shape index (κ2) is 8.59. The van der Waals surface area contributed by atoms with Crippen LogP contribution in [-0.2, 0) is 6.54 Å². The Morgan fingerprint density at radius 2 is 1.67 bits per heavy atom. The molecule has 0 saturated carbocycles. The van der Waals surface area contributed by atoms with Crippen molar-refractivity contribution in [1.29, 1.82) is 0 Å². The molecule has 0 spiro atoms. The molecule has 154 valence electrons. The number of fused-ring (bicyclic) bond motifs is 1. The van der Waals surface area contributed by atoms with Crippen molar-refractivity contribution in [2.75, 3.05) is 14.2 Å². The van der Waals surface area contributed by atoms with Crippen LogP contribution in [0.1, 0.15) is 29.8 Å². The summed E-state index contributed by atoms with van der Waals surface area (Å²) in [5, 5.41) is 10.7. The van der Waals surface area contributed by atoms with Crippen molar-refractivity contribution in [3.8, 4) is 17.2 Å². The van der Waals surface area contributed by atoms with E-state index in [-0.39, 0.29) is 6.04 Å². The van der Waals surface area contributed by atoms with Gasteiger partial charge in [0.15, 0.2) is 0 Å². The zero-order valence-electron chi connectivity index (χ0n) is 17.8. The molecule has 0 bridgehead atoms. The first kappa shape index (κ1) is 20.0. The van der Waals surface area contributed by atoms with E-state index in [2.05, 4.69) is 61.6 Å². The summed E-state index contributed by atoms with van der Waals surface area (Å²) in [4.78, 5) is 0. The quantitative estimate of drug-likeness (QED) is 0.462. The van der Waals surface area contributed by atoms with E-state index in [0.29, 0.717) is 6.54 Å². The van der Waals surface area contributed by atoms with Gasteiger partial charge in [-0.05, 0) is 43.0 Å². The van der Waals surface area contributed by atoms with E-state index in [9.17, 15) is 0 Å². The van der Waals surface area contributed by atoms with Crippen LogP contribution in [0.4, 0.5) is 0 Å². The van der Waals surface area contributed by atoms with Crippen molar-refractivity contribution in [2.45, 2.75) is 26.4 Å². The molecular weight excluding hydrogens is 374 g/mol. The third kappa shape index (κ3) is 3.89. The highest BCUT2D eigenvalue weighted by atomic mass is 16.5. The molecule has 0 aliphatic heterocycles. The molecule has 30 heavy (non-hydrogen) atoms. The lowest BCUT2D eigenvalue weighted by atomic mass is 10.1. The van der Waals surface area contributed by atoms with Crippen LogP contribution in [0.15, 0.2) is 66.9 Å². The predicted molar refractivity (Wildman–Crippen MR) is 121 cm³/mol. The Labute approximate surface area is 177 Å². The van der Waals surface area contributed by atoms with Crippen molar-refractivity contribution in [1.82, 2.24) is 15.1 Å². The molecule has 0 saturated heterocycles. The predicted octanol–water partition coefficient (Wildman–Crippen LogP) is 5.20. The number of benzene rings is 3. The van der Waals surface area contributed by atoms with E-state index in [1.165, 1.54) is 16.3 Å². The van der Waals surface area contributed by atoms with Crippen LogP contribution < -0.4 is 14.8 Å². The highest BCUT2D eigenvalue weighted by Crippen LogP contribution is 2.27. The van der Waals surface area contributed by atoms with Gasteiger partial charge in [-0.3, -0.25) is 0 Å². The molecule has 0 fully saturated rings. The minimum atomic E-state index is 0.144. The van der Waals surface area contributed by atoms with Gasteiger partial charge in [-0.2, -0.15) is 5.10 Å². The summed E-state index contributed by atoms with van der Waals surface area (Å²) in [5.74, 6) is 1.58. The Balaban J connectivity index is 1.57. The Bertz CT molecular complexity index is 1140. The first-order valence-corrected chi connectivity index (χ1v) is 10.1. The van der Waals surface area contributed by atoms with Gasteiger partial charge in [-0.15, -0.1) is 0 Å². The Morgan fingerprint density at radius 3 is 2.40 bits per heavy atom. The van der Waals surface area contributed by atoms with Crippen molar-refractivity contribution < 1.29 is 9.47 Å². The first-order chi connectivity index (χ1) is 14.6. The summed E-state index contributed by atoms with van der Waals surface area (Å²) < 4.78 is 12.8. The minimum absolute atomic E-state index is 0.144. The van der Waals surface area contributed by atoms with Crippen LogP contribution in [0.2, 0.25) is 0 Å². The maximum Gasteiger partial charge on any atom is 0.122 e. The third-order valence-electron chi connectivity index (χ3n) is 5.53. The van der Waals surface area contributed by atoms with Gasteiger partial charge in [0.05, 0.1) is 26.1 Å². The lowest BCUT2D eigenvalue weighted by Crippen LogP contribution is -2.18. The van der Waals surface area contributed by atoms with Gasteiger partial charge < -0.3 is 14.8 Å². The average Bonchev–Trinajstić information content (AvgIpc) is 3.17. The second-order valence-corrected chi connectivity index (χ2v) is 7.42. The van der Waals surface area contributed by atoms with E-state index in [1.807, 2.05) is 29.1 Å². The summed E-state index contributed by atoms with van der Waals surface area (Å²) in [6.45, 7) is 4.99. The van der Waals surface area contributed by atoms with Gasteiger partial charge in [-0.25, -0.2) is 4.68 Å². The number of hydrogen-bond acceptors (Lipinski definition) is 4. The fourth-order valence-corrected chi connectivity index (χ4v) is 3.83. The molecule has 0 unspecified atom stereocenters. The molecule has 0 aliphatic carbocycles. The average molecular weight is 402 g/mol. The van der Waals surface area contributed by atoms with Crippen molar-refractivity contribution >= 4 is 10.8 Å². The van der Waals surface area contributed by atoms with Gasteiger partial charge in [-0.1, -0.05) is 36.4 Å². The number of nitrogens with one attached hydrogen (secondary N) is 1. The molecule has 0 aliphatic rings. The normalized spacial score (nSPS) is 12.1. The van der Waals surface area contributed by atoms with Gasteiger partial charge in [0.2, 0.25) is 0 Å². The Hall–Kier alpha value is -3.31. The number of rotatable bonds is 7. The van der Waals surface area contributed by atoms with Gasteiger partial charge in [0.25, 0.3) is 0 Å². The number of ether oxygens (including phenoxy) is 2. The highest BCUT2D eigenvalue weighted by molar-refractivity contribution is 5.90. The van der Waals surface area contributed by atoms with Crippen LogP contribution in [0, 0.1) is 6.92 Å². The summed E-state index contributed by atoms with van der Waals surface area (Å²) in [5.41, 5.74) is 4.52. The van der Waals surface area contributed by atoms with Crippen molar-refractivity contribution in [3.63, 3.8) is 0 Å². The molecule has 4 rings (SSSR count). The molecule has 5 nitrogen and oxygen atoms in total. The molecular formula is C25H27N3O2. The van der Waals surface area contributed by atoms with Crippen LogP contribution in [-0.4, -0.2) is 24.0 Å². The molecule has 1 heterocycles. The fraction of sp³-hybridized carbons (Fsp3) is 0.240. The first-order valence-electron chi connectivity index (χ1n) is 10.1. The number of methoxy groups -OCH3 is 2. The maximum atomic E-state index is 5.37. The molecule has 0 amide bonds. The van der Waals surface area contributed by atoms with Crippen LogP contribution >= 0.6 is 0 Å². The Kier molecular flexibility index (Phi) is 5.72. The van der Waals surface area contributed by atoms with Crippen molar-refractivity contribution in [2.24, 2.45) is 0 Å². The van der Waals surface area contributed by atoms with Gasteiger partial charge in [0.1, 0.15) is 11.5 Å². The summed E-state index contributed by atoms with van der Waals surface area (Å²) in [6, 6.07) is 20.8. The topological polar surface area (TPSA) is 48.3 Å². The minimum Gasteiger partial charge on any atom is -0.497 e. The lowest BCUT2D eigenvalue weighted by Gasteiger charge is -2.16. The van der Waals surface area contributed by atoms with Gasteiger partial charge in [0, 0.05) is 35.3 Å². The van der Waals surface area contributed by atoms with Crippen LogP contribution in [0.5, 0.6) is 11.5 Å². The summed E-state index contributed by atoms with van der Waals surface area (Å²) in [7, 11) is 3.33. The molecule has 4 aromatic rings. The lowest BCUT2D eigenvalue weighted by molar-refractivity contribution is 0.392. The fourth-order valence-electron chi connectivity index (χ4n) is 3.83. The third-order valence-corrected chi connectivity index (χ3v) is 5.53. The molecule has 0 radical (unpaired) electrons. The van der Waals surface area contributed by atoms with Crippen LogP contribution in [0.3, 0.4) is 0 Å². The largest absolute Gasteiger partial charge is 0.497 e. The monoisotopic (exact) mass is 401 g/mol. The highest BCUT2D eigenvalue weighted by Gasteiger charge is 2.15. The van der Waals surface area contributed by atoms with E-state index in [4.69, 9.17) is 14.6 Å². The van der Waals surface area contributed by atoms with E-state index < -0.39 is 0 Å². The van der Waals surface area contributed by atoms with E-state index >= 15 is 0 Å². The van der Waals surface area contributed by atoms with Gasteiger partial charge >= 0.3 is 0 Å². The number of nitrogens with zero attached hydrogens (tertiary/aromatic N) is 2. The number of hydrogen-bond donors (Lipinski definition) is 1. The zero-order chi connectivity index (χ0) is 21.1. The number of aromatic nitrogens is 2. The molecule has 1 N–H and O–H groups in total. The standard InChI is InChI=1S/C25H27N3O2/c1-17(26-15-19-12-21(29-3)14-22(13-19)30-4)24-16-27-28(18(24)2)25-11-7-9-20-8-5-6-10-23(20)25/h5-14,16-17,26H,15H2,1-4H3/t17-/m1/s1. The molecule has 3 aromatic carbocycles. The second-order valence-electron chi connectivity index (χ2n) is 7.42. The SMILES string of the molecule is COc1cc(CN[C@H](C)c2cnn(-c3cccc4ccccc34)c2C)cc(OC)c1. The smallest absolute Gasteiger partial charge is 0.122 e.